The van der Waals surface area contributed by atoms with E-state index in [0.717, 1.165) is 11.3 Å². The summed E-state index contributed by atoms with van der Waals surface area (Å²) in [5.74, 6) is -0.454. The van der Waals surface area contributed by atoms with E-state index < -0.39 is 6.10 Å². The number of aliphatic hydroxyl groups excluding tert-OH is 1. The molecule has 3 N–H and O–H groups in total. The van der Waals surface area contributed by atoms with E-state index >= 15 is 0 Å². The van der Waals surface area contributed by atoms with Gasteiger partial charge >= 0.3 is 0 Å². The first kappa shape index (κ1) is 13.4. The highest BCUT2D eigenvalue weighted by Crippen LogP contribution is 2.31. The number of benzene rings is 1. The van der Waals surface area contributed by atoms with Crippen LogP contribution in [0, 0.1) is 17.2 Å². The Bertz CT molecular complexity index is 534. The molecule has 5 heteroatoms. The van der Waals surface area contributed by atoms with Gasteiger partial charge in [0.1, 0.15) is 0 Å². The summed E-state index contributed by atoms with van der Waals surface area (Å²) in [5.41, 5.74) is 7.45. The van der Waals surface area contributed by atoms with Gasteiger partial charge in [-0.1, -0.05) is 6.07 Å². The van der Waals surface area contributed by atoms with Gasteiger partial charge in [-0.2, -0.15) is 5.26 Å². The van der Waals surface area contributed by atoms with Gasteiger partial charge in [-0.05, 0) is 25.5 Å². The molecule has 1 aromatic rings. The number of hydrogen-bond acceptors (Lipinski definition) is 4. The van der Waals surface area contributed by atoms with Gasteiger partial charge < -0.3 is 15.7 Å². The molecule has 0 radical (unpaired) electrons. The number of nitrogens with two attached hydrogens (primary N) is 1. The summed E-state index contributed by atoms with van der Waals surface area (Å²) in [7, 11) is 0. The van der Waals surface area contributed by atoms with E-state index in [-0.39, 0.29) is 11.8 Å². The smallest absolute Gasteiger partial charge is 0.222 e. The molecule has 1 aliphatic heterocycles. The fraction of sp³-hybridized carbons (Fsp3) is 0.429. The van der Waals surface area contributed by atoms with E-state index in [1.807, 2.05) is 4.90 Å². The molecular formula is C14H17N3O2. The van der Waals surface area contributed by atoms with Crippen molar-refractivity contribution in [1.29, 1.82) is 5.26 Å². The van der Waals surface area contributed by atoms with Gasteiger partial charge in [0.05, 0.1) is 23.7 Å². The lowest BCUT2D eigenvalue weighted by atomic mass is 10.0. The second kappa shape index (κ2) is 5.29. The standard InChI is InChI=1S/C14H17N3O2/c1-9(18)12-3-2-10(7-15)6-13(12)17-5-4-11(8-17)14(16)19/h2-3,6,9,11,18H,4-5,8H2,1H3,(H2,16,19). The van der Waals surface area contributed by atoms with Crippen LogP contribution in [0.15, 0.2) is 18.2 Å². The Labute approximate surface area is 112 Å². The van der Waals surface area contributed by atoms with Crippen molar-refractivity contribution < 1.29 is 9.90 Å². The Morgan fingerprint density at radius 3 is 2.89 bits per heavy atom. The second-order valence-corrected chi connectivity index (χ2v) is 4.90. The van der Waals surface area contributed by atoms with E-state index in [2.05, 4.69) is 6.07 Å². The van der Waals surface area contributed by atoms with E-state index in [9.17, 15) is 9.90 Å². The Balaban J connectivity index is 2.33. The lowest BCUT2D eigenvalue weighted by Crippen LogP contribution is -2.28. The first-order chi connectivity index (χ1) is 9.02. The highest BCUT2D eigenvalue weighted by molar-refractivity contribution is 5.78. The number of hydrogen-bond donors (Lipinski definition) is 2. The van der Waals surface area contributed by atoms with Crippen LogP contribution in [0.3, 0.4) is 0 Å². The van der Waals surface area contributed by atoms with Crippen molar-refractivity contribution in [2.45, 2.75) is 19.4 Å². The fourth-order valence-electron chi connectivity index (χ4n) is 2.45. The molecule has 0 aliphatic carbocycles. The maximum Gasteiger partial charge on any atom is 0.222 e. The summed E-state index contributed by atoms with van der Waals surface area (Å²) in [6.07, 6.45) is 0.0983. The molecule has 100 valence electrons. The summed E-state index contributed by atoms with van der Waals surface area (Å²) in [5, 5.41) is 18.8. The highest BCUT2D eigenvalue weighted by Gasteiger charge is 2.28. The van der Waals surface area contributed by atoms with Crippen molar-refractivity contribution in [3.05, 3.63) is 29.3 Å². The number of nitrogens with zero attached hydrogens (tertiary/aromatic N) is 2. The molecule has 2 unspecified atom stereocenters. The normalized spacial score (nSPS) is 20.1. The van der Waals surface area contributed by atoms with Crippen molar-refractivity contribution in [2.24, 2.45) is 11.7 Å². The van der Waals surface area contributed by atoms with Crippen molar-refractivity contribution in [3.8, 4) is 6.07 Å². The van der Waals surface area contributed by atoms with E-state index in [4.69, 9.17) is 11.0 Å². The van der Waals surface area contributed by atoms with Gasteiger partial charge in [0.2, 0.25) is 5.91 Å². The predicted octanol–water partition coefficient (Wildman–Crippen LogP) is 0.923. The zero-order valence-corrected chi connectivity index (χ0v) is 10.8. The maximum atomic E-state index is 11.2. The third-order valence-corrected chi connectivity index (χ3v) is 3.54. The van der Waals surface area contributed by atoms with Gasteiger partial charge in [-0.15, -0.1) is 0 Å². The lowest BCUT2D eigenvalue weighted by molar-refractivity contribution is -0.121. The topological polar surface area (TPSA) is 90.3 Å². The molecule has 1 amide bonds. The van der Waals surface area contributed by atoms with Crippen LogP contribution in [-0.4, -0.2) is 24.1 Å². The first-order valence-corrected chi connectivity index (χ1v) is 6.29. The SMILES string of the molecule is CC(O)c1ccc(C#N)cc1N1CCC(C(N)=O)C1. The van der Waals surface area contributed by atoms with Gasteiger partial charge in [0.15, 0.2) is 0 Å². The van der Waals surface area contributed by atoms with E-state index in [0.29, 0.717) is 25.1 Å². The molecule has 5 nitrogen and oxygen atoms in total. The highest BCUT2D eigenvalue weighted by atomic mass is 16.3. The minimum Gasteiger partial charge on any atom is -0.389 e. The summed E-state index contributed by atoms with van der Waals surface area (Å²) in [4.78, 5) is 13.2. The van der Waals surface area contributed by atoms with Crippen molar-refractivity contribution in [1.82, 2.24) is 0 Å². The molecular weight excluding hydrogens is 242 g/mol. The average molecular weight is 259 g/mol. The monoisotopic (exact) mass is 259 g/mol. The molecule has 1 heterocycles. The third-order valence-electron chi connectivity index (χ3n) is 3.54. The van der Waals surface area contributed by atoms with Crippen LogP contribution >= 0.6 is 0 Å². The number of anilines is 1. The number of nitriles is 1. The van der Waals surface area contributed by atoms with Crippen LogP contribution in [0.2, 0.25) is 0 Å². The minimum absolute atomic E-state index is 0.160. The summed E-state index contributed by atoms with van der Waals surface area (Å²) >= 11 is 0. The minimum atomic E-state index is -0.615. The summed E-state index contributed by atoms with van der Waals surface area (Å²) < 4.78 is 0. The third kappa shape index (κ3) is 2.69. The lowest BCUT2D eigenvalue weighted by Gasteiger charge is -2.23. The van der Waals surface area contributed by atoms with E-state index in [1.54, 1.807) is 25.1 Å². The molecule has 0 bridgehead atoms. The first-order valence-electron chi connectivity index (χ1n) is 6.29. The molecule has 1 aliphatic rings. The van der Waals surface area contributed by atoms with Crippen LogP contribution in [-0.2, 0) is 4.79 Å². The number of aliphatic hydroxyl groups is 1. The Morgan fingerprint density at radius 1 is 1.63 bits per heavy atom. The maximum absolute atomic E-state index is 11.2. The van der Waals surface area contributed by atoms with E-state index in [1.165, 1.54) is 0 Å². The van der Waals surface area contributed by atoms with Crippen LogP contribution in [0.4, 0.5) is 5.69 Å². The van der Waals surface area contributed by atoms with Crippen LogP contribution < -0.4 is 10.6 Å². The molecule has 0 saturated carbocycles. The zero-order chi connectivity index (χ0) is 14.0. The van der Waals surface area contributed by atoms with Crippen molar-refractivity contribution in [3.63, 3.8) is 0 Å². The number of carbonyl (C=O) groups is 1. The Morgan fingerprint density at radius 2 is 2.37 bits per heavy atom. The van der Waals surface area contributed by atoms with Crippen molar-refractivity contribution >= 4 is 11.6 Å². The van der Waals surface area contributed by atoms with Crippen LogP contribution in [0.5, 0.6) is 0 Å². The van der Waals surface area contributed by atoms with Gasteiger partial charge in [-0.25, -0.2) is 0 Å². The van der Waals surface area contributed by atoms with Crippen molar-refractivity contribution in [2.75, 3.05) is 18.0 Å². The molecule has 0 spiro atoms. The van der Waals surface area contributed by atoms with Crippen LogP contribution in [0.25, 0.3) is 0 Å². The Hall–Kier alpha value is -2.06. The number of amides is 1. The zero-order valence-electron chi connectivity index (χ0n) is 10.8. The molecule has 0 aromatic heterocycles. The number of primary amides is 1. The predicted molar refractivity (Wildman–Crippen MR) is 71.3 cm³/mol. The number of carbonyl (C=O) groups excluding carboxylic acids is 1. The quantitative estimate of drug-likeness (QED) is 0.844. The average Bonchev–Trinajstić information content (AvgIpc) is 2.87. The second-order valence-electron chi connectivity index (χ2n) is 4.90. The summed E-state index contributed by atoms with van der Waals surface area (Å²) in [6.45, 7) is 2.94. The Kier molecular flexibility index (Phi) is 3.72. The number of rotatable bonds is 3. The molecule has 1 aromatic carbocycles. The largest absolute Gasteiger partial charge is 0.389 e. The van der Waals surface area contributed by atoms with Gasteiger partial charge in [0.25, 0.3) is 0 Å². The molecule has 2 atom stereocenters. The van der Waals surface area contributed by atoms with Gasteiger partial charge in [-0.3, -0.25) is 4.79 Å². The molecule has 19 heavy (non-hydrogen) atoms. The molecule has 2 rings (SSSR count). The molecule has 1 saturated heterocycles. The fourth-order valence-corrected chi connectivity index (χ4v) is 2.45. The summed E-state index contributed by atoms with van der Waals surface area (Å²) in [6, 6.07) is 7.29. The van der Waals surface area contributed by atoms with Crippen LogP contribution in [0.1, 0.15) is 30.6 Å². The van der Waals surface area contributed by atoms with Gasteiger partial charge in [0, 0.05) is 24.3 Å². The molecule has 1 fully saturated rings.